The van der Waals surface area contributed by atoms with Crippen molar-refractivity contribution in [3.63, 3.8) is 0 Å². The molecule has 0 radical (unpaired) electrons. The maximum absolute atomic E-state index is 12.7. The van der Waals surface area contributed by atoms with E-state index in [0.717, 1.165) is 32.1 Å². The first-order valence-corrected chi connectivity index (χ1v) is 9.04. The molecule has 0 fully saturated rings. The zero-order valence-corrected chi connectivity index (χ0v) is 15.2. The molecule has 3 aromatic carbocycles. The molecule has 0 saturated carbocycles. The minimum atomic E-state index is -0.245. The highest BCUT2D eigenvalue weighted by atomic mass is 79.9. The average molecular weight is 405 g/mol. The fourth-order valence-corrected chi connectivity index (χ4v) is 3.89. The molecule has 0 bridgehead atoms. The molecule has 0 aliphatic carbocycles. The van der Waals surface area contributed by atoms with E-state index in [0.29, 0.717) is 11.4 Å². The van der Waals surface area contributed by atoms with E-state index in [1.807, 2.05) is 48.5 Å². The summed E-state index contributed by atoms with van der Waals surface area (Å²) >= 11 is 3.48. The first-order valence-electron chi connectivity index (χ1n) is 8.25. The monoisotopic (exact) mass is 404 g/mol. The molecule has 4 nitrogen and oxygen atoms in total. The Morgan fingerprint density at radius 3 is 2.62 bits per heavy atom. The second-order valence-corrected chi connectivity index (χ2v) is 7.15. The highest BCUT2D eigenvalue weighted by molar-refractivity contribution is 9.10. The number of fused-ring (bicyclic) bond motifs is 4. The fourth-order valence-electron chi connectivity index (χ4n) is 3.63. The number of nitrogens with zero attached hydrogens (tertiary/aromatic N) is 1. The minimum absolute atomic E-state index is 0.179. The SMILES string of the molecule is O=c1[nH]cnc2c1[C@@H](c1ccc(Br)cc1)c1c(ccc3ccccc13)O2. The van der Waals surface area contributed by atoms with Gasteiger partial charge >= 0.3 is 0 Å². The minimum Gasteiger partial charge on any atom is -0.438 e. The summed E-state index contributed by atoms with van der Waals surface area (Å²) in [6.07, 6.45) is 1.38. The van der Waals surface area contributed by atoms with E-state index in [4.69, 9.17) is 4.74 Å². The number of benzene rings is 3. The molecule has 126 valence electrons. The van der Waals surface area contributed by atoms with Crippen LogP contribution in [0.15, 0.2) is 76.3 Å². The lowest BCUT2D eigenvalue weighted by atomic mass is 9.81. The zero-order valence-electron chi connectivity index (χ0n) is 13.6. The summed E-state index contributed by atoms with van der Waals surface area (Å²) in [6.45, 7) is 0. The van der Waals surface area contributed by atoms with Crippen LogP contribution in [0, 0.1) is 0 Å². The Labute approximate surface area is 157 Å². The van der Waals surface area contributed by atoms with Gasteiger partial charge in [-0.1, -0.05) is 58.4 Å². The maximum atomic E-state index is 12.7. The van der Waals surface area contributed by atoms with Crippen molar-refractivity contribution in [3.05, 3.63) is 98.5 Å². The Balaban J connectivity index is 1.89. The van der Waals surface area contributed by atoms with Crippen molar-refractivity contribution in [2.75, 3.05) is 0 Å². The van der Waals surface area contributed by atoms with Crippen molar-refractivity contribution in [3.8, 4) is 11.6 Å². The Morgan fingerprint density at radius 1 is 0.962 bits per heavy atom. The number of hydrogen-bond acceptors (Lipinski definition) is 3. The van der Waals surface area contributed by atoms with Crippen LogP contribution in [-0.2, 0) is 0 Å². The van der Waals surface area contributed by atoms with Gasteiger partial charge in [-0.2, -0.15) is 0 Å². The van der Waals surface area contributed by atoms with Crippen LogP contribution in [0.2, 0.25) is 0 Å². The molecule has 0 spiro atoms. The third-order valence-corrected chi connectivity index (χ3v) is 5.30. The summed E-state index contributed by atoms with van der Waals surface area (Å²) in [6, 6.07) is 20.2. The molecule has 5 heteroatoms. The van der Waals surface area contributed by atoms with Gasteiger partial charge in [0.25, 0.3) is 5.56 Å². The van der Waals surface area contributed by atoms with E-state index in [1.54, 1.807) is 0 Å². The summed E-state index contributed by atoms with van der Waals surface area (Å²) in [4.78, 5) is 19.6. The lowest BCUT2D eigenvalue weighted by Gasteiger charge is -2.28. The van der Waals surface area contributed by atoms with Gasteiger partial charge in [0.2, 0.25) is 5.88 Å². The second-order valence-electron chi connectivity index (χ2n) is 6.24. The Hall–Kier alpha value is -2.92. The van der Waals surface area contributed by atoms with Gasteiger partial charge < -0.3 is 9.72 Å². The standard InChI is InChI=1S/C21H13BrN2O2/c22-14-8-5-13(6-9-14)17-18-15-4-2-1-3-12(15)7-10-16(18)26-21-19(17)20(25)23-11-24-21/h1-11,17H,(H,23,24,25)/t17-/m0/s1. The summed E-state index contributed by atoms with van der Waals surface area (Å²) in [5.74, 6) is 0.858. The predicted octanol–water partition coefficient (Wildman–Crippen LogP) is 4.97. The molecule has 26 heavy (non-hydrogen) atoms. The average Bonchev–Trinajstić information content (AvgIpc) is 2.67. The highest BCUT2D eigenvalue weighted by Gasteiger charge is 2.33. The van der Waals surface area contributed by atoms with Crippen molar-refractivity contribution >= 4 is 26.7 Å². The highest BCUT2D eigenvalue weighted by Crippen LogP contribution is 2.47. The van der Waals surface area contributed by atoms with Crippen molar-refractivity contribution in [2.45, 2.75) is 5.92 Å². The van der Waals surface area contributed by atoms with Crippen molar-refractivity contribution in [1.29, 1.82) is 0 Å². The molecule has 1 N–H and O–H groups in total. The van der Waals surface area contributed by atoms with Gasteiger partial charge in [0.15, 0.2) is 0 Å². The van der Waals surface area contributed by atoms with Gasteiger partial charge in [0.1, 0.15) is 5.75 Å². The van der Waals surface area contributed by atoms with Gasteiger partial charge in [-0.25, -0.2) is 4.98 Å². The third-order valence-electron chi connectivity index (χ3n) is 4.77. The first kappa shape index (κ1) is 15.3. The van der Waals surface area contributed by atoms with E-state index < -0.39 is 0 Å². The lowest BCUT2D eigenvalue weighted by molar-refractivity contribution is 0.431. The number of halogens is 1. The smallest absolute Gasteiger partial charge is 0.258 e. The maximum Gasteiger partial charge on any atom is 0.258 e. The molecule has 1 atom stereocenters. The van der Waals surface area contributed by atoms with E-state index in [2.05, 4.69) is 38.0 Å². The Bertz CT molecular complexity index is 1200. The van der Waals surface area contributed by atoms with Crippen molar-refractivity contribution in [2.24, 2.45) is 0 Å². The van der Waals surface area contributed by atoms with Crippen LogP contribution in [0.25, 0.3) is 10.8 Å². The van der Waals surface area contributed by atoms with Crippen LogP contribution in [0.1, 0.15) is 22.6 Å². The number of aromatic nitrogens is 2. The molecule has 1 aliphatic rings. The van der Waals surface area contributed by atoms with Crippen LogP contribution in [0.4, 0.5) is 0 Å². The van der Waals surface area contributed by atoms with Gasteiger partial charge in [-0.05, 0) is 34.5 Å². The van der Waals surface area contributed by atoms with Crippen molar-refractivity contribution < 1.29 is 4.74 Å². The lowest BCUT2D eigenvalue weighted by Crippen LogP contribution is -2.23. The number of aromatic amines is 1. The topological polar surface area (TPSA) is 55.0 Å². The van der Waals surface area contributed by atoms with E-state index >= 15 is 0 Å². The number of nitrogens with one attached hydrogen (secondary N) is 1. The zero-order chi connectivity index (χ0) is 17.7. The fraction of sp³-hybridized carbons (Fsp3) is 0.0476. The third kappa shape index (κ3) is 2.28. The molecule has 0 unspecified atom stereocenters. The molecule has 1 aromatic heterocycles. The van der Waals surface area contributed by atoms with Gasteiger partial charge in [-0.3, -0.25) is 4.79 Å². The van der Waals surface area contributed by atoms with E-state index in [1.165, 1.54) is 6.33 Å². The number of hydrogen-bond donors (Lipinski definition) is 1. The number of rotatable bonds is 1. The summed E-state index contributed by atoms with van der Waals surface area (Å²) in [5, 5.41) is 2.19. The largest absolute Gasteiger partial charge is 0.438 e. The Morgan fingerprint density at radius 2 is 1.77 bits per heavy atom. The van der Waals surface area contributed by atoms with Crippen LogP contribution in [0.3, 0.4) is 0 Å². The normalized spacial score (nSPS) is 15.2. The quantitative estimate of drug-likeness (QED) is 0.428. The van der Waals surface area contributed by atoms with Crippen LogP contribution in [-0.4, -0.2) is 9.97 Å². The van der Waals surface area contributed by atoms with Crippen LogP contribution in [0.5, 0.6) is 11.6 Å². The summed E-state index contributed by atoms with van der Waals surface area (Å²) < 4.78 is 6.99. The summed E-state index contributed by atoms with van der Waals surface area (Å²) in [5.41, 5.74) is 2.38. The molecule has 5 rings (SSSR count). The Kier molecular flexibility index (Phi) is 3.43. The van der Waals surface area contributed by atoms with Gasteiger partial charge in [0.05, 0.1) is 11.9 Å². The number of ether oxygens (including phenoxy) is 1. The van der Waals surface area contributed by atoms with Crippen molar-refractivity contribution in [1.82, 2.24) is 9.97 Å². The molecular formula is C21H13BrN2O2. The van der Waals surface area contributed by atoms with Crippen LogP contribution >= 0.6 is 15.9 Å². The van der Waals surface area contributed by atoms with E-state index in [-0.39, 0.29) is 11.5 Å². The molecule has 4 aromatic rings. The molecule has 0 saturated heterocycles. The first-order chi connectivity index (χ1) is 12.7. The summed E-state index contributed by atoms with van der Waals surface area (Å²) in [7, 11) is 0. The van der Waals surface area contributed by atoms with E-state index in [9.17, 15) is 4.79 Å². The van der Waals surface area contributed by atoms with Crippen LogP contribution < -0.4 is 10.3 Å². The second kappa shape index (κ2) is 5.81. The molecule has 2 heterocycles. The molecule has 0 amide bonds. The molecular weight excluding hydrogens is 392 g/mol. The predicted molar refractivity (Wildman–Crippen MR) is 104 cm³/mol. The van der Waals surface area contributed by atoms with Gasteiger partial charge in [0, 0.05) is 16.0 Å². The van der Waals surface area contributed by atoms with Gasteiger partial charge in [-0.15, -0.1) is 0 Å². The molecule has 1 aliphatic heterocycles. The number of H-pyrrole nitrogens is 1.